The van der Waals surface area contributed by atoms with Crippen LogP contribution in [0, 0.1) is 31.4 Å². The van der Waals surface area contributed by atoms with Crippen molar-refractivity contribution in [2.24, 2.45) is 5.92 Å². The van der Waals surface area contributed by atoms with Crippen LogP contribution in [0.5, 0.6) is 5.75 Å². The van der Waals surface area contributed by atoms with Gasteiger partial charge in [0.1, 0.15) is 13.7 Å². The van der Waals surface area contributed by atoms with E-state index in [9.17, 15) is 8.78 Å². The molecule has 0 radical (unpaired) electrons. The van der Waals surface area contributed by atoms with Crippen LogP contribution in [0.25, 0.3) is 11.1 Å². The Balaban J connectivity index is 1.88. The number of hydrogen-bond acceptors (Lipinski definition) is 1. The van der Waals surface area contributed by atoms with Crippen molar-refractivity contribution in [3.8, 4) is 16.9 Å². The third kappa shape index (κ3) is 3.19. The SMILES string of the molecule is Bc1c(-c2ccc(OCC3CCCC3)c(F)c2C)ccc(C)c1F. The molecule has 0 aromatic heterocycles. The van der Waals surface area contributed by atoms with E-state index >= 15 is 0 Å². The molecule has 0 saturated heterocycles. The summed E-state index contributed by atoms with van der Waals surface area (Å²) >= 11 is 0. The van der Waals surface area contributed by atoms with Gasteiger partial charge in [-0.05, 0) is 66.4 Å². The van der Waals surface area contributed by atoms with Crippen LogP contribution in [-0.2, 0) is 0 Å². The summed E-state index contributed by atoms with van der Waals surface area (Å²) in [6.07, 6.45) is 4.82. The summed E-state index contributed by atoms with van der Waals surface area (Å²) < 4.78 is 34.6. The molecule has 0 bridgehead atoms. The second-order valence-electron chi connectivity index (χ2n) is 6.88. The molecule has 3 rings (SSSR count). The molecule has 0 atom stereocenters. The topological polar surface area (TPSA) is 9.23 Å². The lowest BCUT2D eigenvalue weighted by atomic mass is 9.84. The average molecular weight is 328 g/mol. The smallest absolute Gasteiger partial charge is 0.168 e. The molecule has 0 amide bonds. The van der Waals surface area contributed by atoms with Crippen LogP contribution in [-0.4, -0.2) is 14.5 Å². The first-order chi connectivity index (χ1) is 11.5. The maximum absolute atomic E-state index is 14.7. The fourth-order valence-corrected chi connectivity index (χ4v) is 3.56. The summed E-state index contributed by atoms with van der Waals surface area (Å²) in [5.74, 6) is 0.269. The summed E-state index contributed by atoms with van der Waals surface area (Å²) in [4.78, 5) is 0. The van der Waals surface area contributed by atoms with E-state index in [1.165, 1.54) is 25.7 Å². The van der Waals surface area contributed by atoms with Gasteiger partial charge in [0.2, 0.25) is 0 Å². The lowest BCUT2D eigenvalue weighted by Gasteiger charge is -2.16. The normalized spacial score (nSPS) is 15.0. The number of ether oxygens (including phenoxy) is 1. The van der Waals surface area contributed by atoms with E-state index < -0.39 is 0 Å². The lowest BCUT2D eigenvalue weighted by molar-refractivity contribution is 0.242. The molecule has 0 aliphatic heterocycles. The summed E-state index contributed by atoms with van der Waals surface area (Å²) in [6.45, 7) is 4.04. The van der Waals surface area contributed by atoms with Crippen molar-refractivity contribution in [3.05, 3.63) is 47.0 Å². The highest BCUT2D eigenvalue weighted by atomic mass is 19.1. The van der Waals surface area contributed by atoms with Gasteiger partial charge in [0.15, 0.2) is 11.6 Å². The third-order valence-corrected chi connectivity index (χ3v) is 5.17. The average Bonchev–Trinajstić information content (AvgIpc) is 3.08. The van der Waals surface area contributed by atoms with Crippen molar-refractivity contribution in [3.63, 3.8) is 0 Å². The molecular formula is C20H23BF2O. The van der Waals surface area contributed by atoms with Crippen molar-refractivity contribution < 1.29 is 13.5 Å². The third-order valence-electron chi connectivity index (χ3n) is 5.17. The number of rotatable bonds is 4. The van der Waals surface area contributed by atoms with Gasteiger partial charge in [0.25, 0.3) is 0 Å². The summed E-state index contributed by atoms with van der Waals surface area (Å²) in [5.41, 5.74) is 3.11. The first-order valence-corrected chi connectivity index (χ1v) is 8.67. The van der Waals surface area contributed by atoms with E-state index in [2.05, 4.69) is 0 Å². The lowest BCUT2D eigenvalue weighted by Crippen LogP contribution is -2.15. The van der Waals surface area contributed by atoms with Gasteiger partial charge in [-0.15, -0.1) is 0 Å². The Morgan fingerprint density at radius 1 is 1.00 bits per heavy atom. The molecule has 0 N–H and O–H groups in total. The molecule has 126 valence electrons. The maximum Gasteiger partial charge on any atom is 0.168 e. The van der Waals surface area contributed by atoms with Crippen molar-refractivity contribution >= 4 is 13.3 Å². The summed E-state index contributed by atoms with van der Waals surface area (Å²) in [5, 5.41) is 0. The van der Waals surface area contributed by atoms with Crippen molar-refractivity contribution in [1.82, 2.24) is 0 Å². The van der Waals surface area contributed by atoms with Crippen LogP contribution in [0.1, 0.15) is 36.8 Å². The number of halogens is 2. The molecule has 2 aromatic rings. The fourth-order valence-electron chi connectivity index (χ4n) is 3.56. The zero-order valence-corrected chi connectivity index (χ0v) is 14.6. The van der Waals surface area contributed by atoms with E-state index in [0.717, 1.165) is 11.1 Å². The molecule has 1 nitrogen and oxygen atoms in total. The van der Waals surface area contributed by atoms with Crippen molar-refractivity contribution in [2.45, 2.75) is 39.5 Å². The van der Waals surface area contributed by atoms with Crippen LogP contribution in [0.4, 0.5) is 8.78 Å². The number of aryl methyl sites for hydroxylation is 1. The van der Waals surface area contributed by atoms with E-state index in [-0.39, 0.29) is 11.6 Å². The second-order valence-corrected chi connectivity index (χ2v) is 6.88. The minimum atomic E-state index is -0.342. The van der Waals surface area contributed by atoms with E-state index in [4.69, 9.17) is 4.74 Å². The van der Waals surface area contributed by atoms with Gasteiger partial charge >= 0.3 is 0 Å². The molecule has 0 heterocycles. The van der Waals surface area contributed by atoms with Crippen LogP contribution < -0.4 is 10.2 Å². The fraction of sp³-hybridized carbons (Fsp3) is 0.400. The van der Waals surface area contributed by atoms with Crippen LogP contribution in [0.15, 0.2) is 24.3 Å². The molecule has 1 aliphatic rings. The standard InChI is InChI=1S/C20H23BF2O/c1-12-7-8-16(18(21)19(12)22)15-9-10-17(20(23)13(15)2)24-11-14-5-3-4-6-14/h7-10,14H,3-6,11,21H2,1-2H3. The van der Waals surface area contributed by atoms with Crippen LogP contribution in [0.3, 0.4) is 0 Å². The quantitative estimate of drug-likeness (QED) is 0.769. The highest BCUT2D eigenvalue weighted by molar-refractivity contribution is 6.36. The molecule has 2 aromatic carbocycles. The number of benzene rings is 2. The first kappa shape index (κ1) is 17.0. The van der Waals surface area contributed by atoms with Crippen molar-refractivity contribution in [1.29, 1.82) is 0 Å². The second kappa shape index (κ2) is 6.96. The van der Waals surface area contributed by atoms with Gasteiger partial charge in [-0.2, -0.15) is 0 Å². The van der Waals surface area contributed by atoms with Gasteiger partial charge in [-0.25, -0.2) is 8.78 Å². The molecule has 0 unspecified atom stereocenters. The molecule has 0 spiro atoms. The predicted molar refractivity (Wildman–Crippen MR) is 96.9 cm³/mol. The largest absolute Gasteiger partial charge is 0.490 e. The van der Waals surface area contributed by atoms with Crippen LogP contribution >= 0.6 is 0 Å². The van der Waals surface area contributed by atoms with Crippen LogP contribution in [0.2, 0.25) is 0 Å². The number of hydrogen-bond donors (Lipinski definition) is 0. The van der Waals surface area contributed by atoms with Gasteiger partial charge in [-0.1, -0.05) is 31.0 Å². The van der Waals surface area contributed by atoms with E-state index in [0.29, 0.717) is 34.9 Å². The Morgan fingerprint density at radius 3 is 2.38 bits per heavy atom. The Hall–Kier alpha value is -1.84. The van der Waals surface area contributed by atoms with E-state index in [1.807, 2.05) is 12.1 Å². The highest BCUT2D eigenvalue weighted by Crippen LogP contribution is 2.32. The van der Waals surface area contributed by atoms with E-state index in [1.54, 1.807) is 33.8 Å². The van der Waals surface area contributed by atoms with Gasteiger partial charge in [0.05, 0.1) is 6.61 Å². The zero-order chi connectivity index (χ0) is 17.3. The molecule has 24 heavy (non-hydrogen) atoms. The summed E-state index contributed by atoms with van der Waals surface area (Å²) in [6, 6.07) is 7.09. The Morgan fingerprint density at radius 2 is 1.67 bits per heavy atom. The minimum absolute atomic E-state index is 0.228. The van der Waals surface area contributed by atoms with Gasteiger partial charge in [0, 0.05) is 0 Å². The maximum atomic E-state index is 14.7. The minimum Gasteiger partial charge on any atom is -0.490 e. The Kier molecular flexibility index (Phi) is 4.93. The predicted octanol–water partition coefficient (Wildman–Crippen LogP) is 4.08. The Bertz CT molecular complexity index is 752. The van der Waals surface area contributed by atoms with Gasteiger partial charge < -0.3 is 4.74 Å². The molecule has 1 aliphatic carbocycles. The van der Waals surface area contributed by atoms with Crippen molar-refractivity contribution in [2.75, 3.05) is 6.61 Å². The van der Waals surface area contributed by atoms with Gasteiger partial charge in [-0.3, -0.25) is 0 Å². The first-order valence-electron chi connectivity index (χ1n) is 8.67. The Labute approximate surface area is 143 Å². The monoisotopic (exact) mass is 328 g/mol. The highest BCUT2D eigenvalue weighted by Gasteiger charge is 2.19. The summed E-state index contributed by atoms with van der Waals surface area (Å²) in [7, 11) is 1.74. The molecular weight excluding hydrogens is 305 g/mol. The molecule has 1 saturated carbocycles. The molecule has 1 fully saturated rings. The molecule has 4 heteroatoms. The zero-order valence-electron chi connectivity index (χ0n) is 14.6.